The minimum absolute atomic E-state index is 0.286. The van der Waals surface area contributed by atoms with Crippen molar-refractivity contribution in [2.24, 2.45) is 4.99 Å². The Morgan fingerprint density at radius 3 is 2.63 bits per heavy atom. The Hall–Kier alpha value is -3.16. The van der Waals surface area contributed by atoms with Gasteiger partial charge in [-0.3, -0.25) is 4.68 Å². The van der Waals surface area contributed by atoms with E-state index in [9.17, 15) is 4.39 Å². The number of rotatable bonds is 8. The van der Waals surface area contributed by atoms with E-state index in [1.165, 1.54) is 11.8 Å². The number of hydrogen-bond donors (Lipinski definition) is 2. The molecule has 2 N–H and O–H groups in total. The van der Waals surface area contributed by atoms with Crippen molar-refractivity contribution in [1.82, 2.24) is 30.0 Å². The Morgan fingerprint density at radius 2 is 2.00 bits per heavy atom. The van der Waals surface area contributed by atoms with Crippen LogP contribution in [-0.2, 0) is 13.1 Å². The number of imidazole rings is 1. The molecule has 0 fully saturated rings. The highest BCUT2D eigenvalue weighted by molar-refractivity contribution is 5.79. The molecule has 0 bridgehead atoms. The van der Waals surface area contributed by atoms with E-state index in [0.29, 0.717) is 12.2 Å². The number of benzene rings is 1. The standard InChI is InChI=1S/C22H30FN7/c1-5-24-22(26-9-6-11-30-17(3)13-16(2)28-30)27-15-19-7-8-21(20(23)14-19)29-12-10-25-18(29)4/h7-8,10,12-14H,5-6,9,11,15H2,1-4H3,(H2,24,26,27). The van der Waals surface area contributed by atoms with Gasteiger partial charge in [-0.25, -0.2) is 14.4 Å². The fraction of sp³-hybridized carbons (Fsp3) is 0.409. The molecule has 0 amide bonds. The van der Waals surface area contributed by atoms with Crippen LogP contribution in [0.25, 0.3) is 5.69 Å². The third kappa shape index (κ3) is 5.46. The lowest BCUT2D eigenvalue weighted by molar-refractivity contribution is 0.555. The maximum Gasteiger partial charge on any atom is 0.191 e. The van der Waals surface area contributed by atoms with Gasteiger partial charge in [0.15, 0.2) is 5.96 Å². The van der Waals surface area contributed by atoms with Crippen LogP contribution < -0.4 is 10.6 Å². The first kappa shape index (κ1) is 21.5. The van der Waals surface area contributed by atoms with Crippen molar-refractivity contribution in [1.29, 1.82) is 0 Å². The average molecular weight is 412 g/mol. The molecule has 0 aliphatic carbocycles. The Kier molecular flexibility index (Phi) is 7.21. The van der Waals surface area contributed by atoms with Gasteiger partial charge in [0, 0.05) is 37.7 Å². The summed E-state index contributed by atoms with van der Waals surface area (Å²) in [5.41, 5.74) is 3.52. The summed E-state index contributed by atoms with van der Waals surface area (Å²) in [6, 6.07) is 7.28. The third-order valence-corrected chi connectivity index (χ3v) is 4.80. The van der Waals surface area contributed by atoms with Crippen molar-refractivity contribution < 1.29 is 4.39 Å². The van der Waals surface area contributed by atoms with Crippen molar-refractivity contribution in [3.05, 3.63) is 65.3 Å². The van der Waals surface area contributed by atoms with E-state index in [-0.39, 0.29) is 5.82 Å². The van der Waals surface area contributed by atoms with Crippen LogP contribution in [0.5, 0.6) is 0 Å². The Balaban J connectivity index is 1.57. The van der Waals surface area contributed by atoms with Crippen LogP contribution in [0.4, 0.5) is 4.39 Å². The monoisotopic (exact) mass is 411 g/mol. The summed E-state index contributed by atoms with van der Waals surface area (Å²) in [5, 5.41) is 11.0. The normalized spacial score (nSPS) is 11.7. The van der Waals surface area contributed by atoms with Crippen LogP contribution in [0.1, 0.15) is 36.1 Å². The number of aromatic nitrogens is 4. The minimum Gasteiger partial charge on any atom is -0.357 e. The maximum absolute atomic E-state index is 14.6. The van der Waals surface area contributed by atoms with E-state index >= 15 is 0 Å². The Morgan fingerprint density at radius 1 is 1.17 bits per heavy atom. The zero-order chi connectivity index (χ0) is 21.5. The molecule has 160 valence electrons. The number of hydrogen-bond acceptors (Lipinski definition) is 3. The second-order valence-electron chi connectivity index (χ2n) is 7.26. The first-order valence-corrected chi connectivity index (χ1v) is 10.3. The number of guanidine groups is 1. The lowest BCUT2D eigenvalue weighted by Gasteiger charge is -2.12. The SMILES string of the molecule is CCNC(=NCc1ccc(-n2ccnc2C)c(F)c1)NCCCn1nc(C)cc1C. The van der Waals surface area contributed by atoms with Gasteiger partial charge in [-0.2, -0.15) is 5.10 Å². The summed E-state index contributed by atoms with van der Waals surface area (Å²) in [6.07, 6.45) is 4.35. The van der Waals surface area contributed by atoms with Crippen LogP contribution in [0.15, 0.2) is 41.7 Å². The van der Waals surface area contributed by atoms with E-state index in [4.69, 9.17) is 0 Å². The van der Waals surface area contributed by atoms with Gasteiger partial charge >= 0.3 is 0 Å². The molecule has 3 aromatic rings. The van der Waals surface area contributed by atoms with Crippen LogP contribution in [0.3, 0.4) is 0 Å². The molecule has 0 saturated heterocycles. The van der Waals surface area contributed by atoms with Gasteiger partial charge in [-0.1, -0.05) is 6.07 Å². The Bertz CT molecular complexity index is 1000. The molecular weight excluding hydrogens is 381 g/mol. The van der Waals surface area contributed by atoms with Gasteiger partial charge in [0.25, 0.3) is 0 Å². The predicted molar refractivity (Wildman–Crippen MR) is 117 cm³/mol. The summed E-state index contributed by atoms with van der Waals surface area (Å²) < 4.78 is 18.3. The largest absolute Gasteiger partial charge is 0.357 e. The molecule has 0 aliphatic heterocycles. The number of aryl methyl sites for hydroxylation is 4. The summed E-state index contributed by atoms with van der Waals surface area (Å²) >= 11 is 0. The number of aliphatic imine (C=N–C) groups is 1. The highest BCUT2D eigenvalue weighted by Crippen LogP contribution is 2.17. The molecule has 0 spiro atoms. The van der Waals surface area contributed by atoms with E-state index in [1.54, 1.807) is 23.0 Å². The molecular formula is C22H30FN7. The highest BCUT2D eigenvalue weighted by atomic mass is 19.1. The third-order valence-electron chi connectivity index (χ3n) is 4.80. The number of nitrogens with one attached hydrogen (secondary N) is 2. The van der Waals surface area contributed by atoms with Crippen molar-refractivity contribution in [3.8, 4) is 5.69 Å². The molecule has 2 aromatic heterocycles. The molecule has 7 nitrogen and oxygen atoms in total. The van der Waals surface area contributed by atoms with E-state index < -0.39 is 0 Å². The summed E-state index contributed by atoms with van der Waals surface area (Å²) in [7, 11) is 0. The predicted octanol–water partition coefficient (Wildman–Crippen LogP) is 3.28. The topological polar surface area (TPSA) is 72.1 Å². The molecule has 0 saturated carbocycles. The van der Waals surface area contributed by atoms with E-state index in [1.807, 2.05) is 31.5 Å². The molecule has 0 unspecified atom stereocenters. The first-order chi connectivity index (χ1) is 14.5. The molecule has 3 rings (SSSR count). The minimum atomic E-state index is -0.286. The van der Waals surface area contributed by atoms with Gasteiger partial charge in [0.1, 0.15) is 11.6 Å². The van der Waals surface area contributed by atoms with Crippen molar-refractivity contribution >= 4 is 5.96 Å². The van der Waals surface area contributed by atoms with Gasteiger partial charge in [0.2, 0.25) is 0 Å². The number of nitrogens with zero attached hydrogens (tertiary/aromatic N) is 5. The van der Waals surface area contributed by atoms with Gasteiger partial charge in [-0.05, 0) is 57.9 Å². The molecule has 0 atom stereocenters. The quantitative estimate of drug-likeness (QED) is 0.339. The fourth-order valence-corrected chi connectivity index (χ4v) is 3.33. The molecule has 0 aliphatic rings. The summed E-state index contributed by atoms with van der Waals surface area (Å²) in [5.74, 6) is 1.19. The van der Waals surface area contributed by atoms with E-state index in [0.717, 1.165) is 49.1 Å². The lowest BCUT2D eigenvalue weighted by atomic mass is 10.2. The zero-order valence-corrected chi connectivity index (χ0v) is 18.1. The average Bonchev–Trinajstić information content (AvgIpc) is 3.27. The highest BCUT2D eigenvalue weighted by Gasteiger charge is 2.08. The van der Waals surface area contributed by atoms with Crippen molar-refractivity contribution in [2.75, 3.05) is 13.1 Å². The molecule has 0 radical (unpaired) electrons. The lowest BCUT2D eigenvalue weighted by Crippen LogP contribution is -2.38. The van der Waals surface area contributed by atoms with Gasteiger partial charge in [0.05, 0.1) is 17.9 Å². The summed E-state index contributed by atoms with van der Waals surface area (Å²) in [4.78, 5) is 8.74. The molecule has 2 heterocycles. The van der Waals surface area contributed by atoms with Crippen LogP contribution in [-0.4, -0.2) is 38.4 Å². The fourth-order valence-electron chi connectivity index (χ4n) is 3.33. The van der Waals surface area contributed by atoms with Crippen molar-refractivity contribution in [2.45, 2.75) is 47.2 Å². The Labute approximate surface area is 177 Å². The number of halogens is 1. The van der Waals surface area contributed by atoms with Crippen LogP contribution in [0, 0.1) is 26.6 Å². The van der Waals surface area contributed by atoms with Crippen molar-refractivity contribution in [3.63, 3.8) is 0 Å². The maximum atomic E-state index is 14.6. The molecule has 1 aromatic carbocycles. The van der Waals surface area contributed by atoms with E-state index in [2.05, 4.69) is 38.7 Å². The van der Waals surface area contributed by atoms with Crippen LogP contribution >= 0.6 is 0 Å². The second-order valence-corrected chi connectivity index (χ2v) is 7.26. The molecule has 30 heavy (non-hydrogen) atoms. The smallest absolute Gasteiger partial charge is 0.191 e. The summed E-state index contributed by atoms with van der Waals surface area (Å²) in [6.45, 7) is 10.7. The zero-order valence-electron chi connectivity index (χ0n) is 18.1. The van der Waals surface area contributed by atoms with Crippen LogP contribution in [0.2, 0.25) is 0 Å². The first-order valence-electron chi connectivity index (χ1n) is 10.3. The molecule has 8 heteroatoms. The van der Waals surface area contributed by atoms with Gasteiger partial charge < -0.3 is 15.2 Å². The second kappa shape index (κ2) is 10.0. The van der Waals surface area contributed by atoms with Gasteiger partial charge in [-0.15, -0.1) is 0 Å².